The summed E-state index contributed by atoms with van der Waals surface area (Å²) in [5.41, 5.74) is 2.23. The Morgan fingerprint density at radius 3 is 2.61 bits per heavy atom. The number of sulfone groups is 1. The first-order chi connectivity index (χ1) is 15.8. The van der Waals surface area contributed by atoms with E-state index in [4.69, 9.17) is 23.2 Å². The smallest absolute Gasteiger partial charge is 0.222 e. The van der Waals surface area contributed by atoms with Gasteiger partial charge in [0.25, 0.3) is 0 Å². The van der Waals surface area contributed by atoms with Crippen LogP contribution in [0.15, 0.2) is 52.4 Å². The molecule has 1 aliphatic rings. The predicted octanol–water partition coefficient (Wildman–Crippen LogP) is 3.15. The third kappa shape index (κ3) is 7.43. The Hall–Kier alpha value is -2.13. The summed E-state index contributed by atoms with van der Waals surface area (Å²) in [4.78, 5) is 18.5. The maximum Gasteiger partial charge on any atom is 0.222 e. The molecule has 7 nitrogen and oxygen atoms in total. The number of hydrogen-bond donors (Lipinski definition) is 2. The van der Waals surface area contributed by atoms with Gasteiger partial charge in [-0.15, -0.1) is 0 Å². The summed E-state index contributed by atoms with van der Waals surface area (Å²) in [5, 5.41) is 6.61. The molecule has 3 rings (SSSR count). The summed E-state index contributed by atoms with van der Waals surface area (Å²) < 4.78 is 24.8. The topological polar surface area (TPSA) is 90.9 Å². The zero-order valence-corrected chi connectivity index (χ0v) is 20.8. The molecule has 2 aromatic carbocycles. The lowest BCUT2D eigenvalue weighted by Gasteiger charge is -2.17. The van der Waals surface area contributed by atoms with E-state index in [2.05, 4.69) is 27.8 Å². The number of hydrogen-bond acceptors (Lipinski definition) is 6. The number of nitrogens with one attached hydrogen (secondary N) is 2. The second-order valence-electron chi connectivity index (χ2n) is 7.86. The molecule has 0 spiro atoms. The van der Waals surface area contributed by atoms with Gasteiger partial charge in [0.1, 0.15) is 11.7 Å². The molecule has 0 saturated carbocycles. The van der Waals surface area contributed by atoms with Gasteiger partial charge in [-0.1, -0.05) is 47.5 Å². The average Bonchev–Trinajstić information content (AvgIpc) is 3.32. The lowest BCUT2D eigenvalue weighted by Crippen LogP contribution is -2.30. The number of aliphatic imine (C=N–C) groups is 1. The van der Waals surface area contributed by atoms with Crippen molar-refractivity contribution in [3.05, 3.63) is 63.6 Å². The Labute approximate surface area is 205 Å². The largest absolute Gasteiger partial charge is 0.368 e. The second-order valence-corrected chi connectivity index (χ2v) is 10.7. The minimum Gasteiger partial charge on any atom is -0.368 e. The van der Waals surface area contributed by atoms with Gasteiger partial charge in [-0.2, -0.15) is 0 Å². The molecule has 1 heterocycles. The van der Waals surface area contributed by atoms with Gasteiger partial charge in [0.2, 0.25) is 5.91 Å². The van der Waals surface area contributed by atoms with E-state index in [9.17, 15) is 13.2 Å². The summed E-state index contributed by atoms with van der Waals surface area (Å²) in [7, 11) is -1.80. The van der Waals surface area contributed by atoms with Crippen LogP contribution < -0.4 is 10.6 Å². The van der Waals surface area contributed by atoms with Gasteiger partial charge in [-0.05, 0) is 43.1 Å². The maximum absolute atomic E-state index is 12.4. The van der Waals surface area contributed by atoms with Crippen molar-refractivity contribution in [3.63, 3.8) is 0 Å². The van der Waals surface area contributed by atoms with Crippen LogP contribution in [0.5, 0.6) is 0 Å². The average molecular weight is 511 g/mol. The van der Waals surface area contributed by atoms with Gasteiger partial charge < -0.3 is 15.5 Å². The number of carbonyl (C=O) groups is 1. The van der Waals surface area contributed by atoms with Gasteiger partial charge in [0, 0.05) is 37.1 Å². The molecular weight excluding hydrogens is 483 g/mol. The molecule has 178 valence electrons. The van der Waals surface area contributed by atoms with Gasteiger partial charge in [-0.25, -0.2) is 8.42 Å². The van der Waals surface area contributed by atoms with Crippen molar-refractivity contribution < 1.29 is 13.2 Å². The molecule has 10 heteroatoms. The number of amides is 1. The van der Waals surface area contributed by atoms with Crippen molar-refractivity contribution in [1.29, 1.82) is 0 Å². The van der Waals surface area contributed by atoms with Crippen molar-refractivity contribution in [2.45, 2.75) is 24.2 Å². The Kier molecular flexibility index (Phi) is 9.14. The fraction of sp³-hybridized carbons (Fsp3) is 0.391. The van der Waals surface area contributed by atoms with E-state index >= 15 is 0 Å². The number of amidine groups is 1. The molecule has 0 aliphatic carbocycles. The monoisotopic (exact) mass is 510 g/mol. The zero-order chi connectivity index (χ0) is 23.8. The first-order valence-corrected chi connectivity index (χ1v) is 13.2. The highest BCUT2D eigenvalue weighted by molar-refractivity contribution is 7.91. The van der Waals surface area contributed by atoms with Crippen molar-refractivity contribution in [1.82, 2.24) is 15.5 Å². The Bertz CT molecular complexity index is 1110. The van der Waals surface area contributed by atoms with Crippen LogP contribution in [0.3, 0.4) is 0 Å². The maximum atomic E-state index is 12.4. The lowest BCUT2D eigenvalue weighted by atomic mass is 10.1. The number of likely N-dealkylation sites (N-methyl/N-ethyl adjacent to an activating group) is 1. The van der Waals surface area contributed by atoms with E-state index < -0.39 is 9.84 Å². The molecular formula is C23H28Cl2N4O3S. The zero-order valence-electron chi connectivity index (χ0n) is 18.5. The minimum absolute atomic E-state index is 0.0292. The molecule has 0 unspecified atom stereocenters. The molecule has 2 aromatic rings. The summed E-state index contributed by atoms with van der Waals surface area (Å²) >= 11 is 11.8. The number of rotatable bonds is 11. The fourth-order valence-electron chi connectivity index (χ4n) is 3.41. The molecule has 0 fully saturated rings. The highest BCUT2D eigenvalue weighted by atomic mass is 35.5. The molecule has 1 amide bonds. The molecule has 0 aromatic heterocycles. The summed E-state index contributed by atoms with van der Waals surface area (Å²) in [6.45, 7) is 2.72. The summed E-state index contributed by atoms with van der Waals surface area (Å²) in [6, 6.07) is 12.5. The Morgan fingerprint density at radius 2 is 1.94 bits per heavy atom. The normalized spacial score (nSPS) is 13.5. The number of nitrogens with zero attached hydrogens (tertiary/aromatic N) is 2. The van der Waals surface area contributed by atoms with E-state index in [0.717, 1.165) is 36.5 Å². The van der Waals surface area contributed by atoms with E-state index in [1.54, 1.807) is 11.9 Å². The first kappa shape index (κ1) is 25.5. The van der Waals surface area contributed by atoms with E-state index in [-0.39, 0.29) is 21.7 Å². The number of benzene rings is 2. The van der Waals surface area contributed by atoms with Gasteiger partial charge >= 0.3 is 0 Å². The van der Waals surface area contributed by atoms with Crippen LogP contribution in [0, 0.1) is 0 Å². The molecule has 0 bridgehead atoms. The van der Waals surface area contributed by atoms with E-state index in [1.807, 2.05) is 12.1 Å². The van der Waals surface area contributed by atoms with Crippen LogP contribution in [0.25, 0.3) is 0 Å². The summed E-state index contributed by atoms with van der Waals surface area (Å²) in [6.07, 6.45) is 1.65. The quantitative estimate of drug-likeness (QED) is 0.453. The molecule has 0 atom stereocenters. The van der Waals surface area contributed by atoms with Crippen LogP contribution in [-0.2, 0) is 21.1 Å². The van der Waals surface area contributed by atoms with Crippen LogP contribution in [0.1, 0.15) is 24.0 Å². The third-order valence-corrected chi connectivity index (χ3v) is 7.60. The first-order valence-electron chi connectivity index (χ1n) is 10.8. The van der Waals surface area contributed by atoms with E-state index in [1.165, 1.54) is 18.2 Å². The highest BCUT2D eigenvalue weighted by Crippen LogP contribution is 2.25. The predicted molar refractivity (Wildman–Crippen MR) is 133 cm³/mol. The fourth-order valence-corrected chi connectivity index (χ4v) is 5.37. The minimum atomic E-state index is -3.58. The van der Waals surface area contributed by atoms with Crippen LogP contribution in [0.2, 0.25) is 10.0 Å². The van der Waals surface area contributed by atoms with Crippen LogP contribution in [-0.4, -0.2) is 64.2 Å². The molecule has 2 N–H and O–H groups in total. The molecule has 1 aliphatic heterocycles. The third-order valence-electron chi connectivity index (χ3n) is 5.33. The highest BCUT2D eigenvalue weighted by Gasteiger charge is 2.18. The SMILES string of the molecule is CN(CCc1ccc(C2=NCCN2)cc1)C(=O)CCCNCS(=O)(=O)c1ccc(Cl)cc1Cl. The van der Waals surface area contributed by atoms with Gasteiger partial charge in [0.15, 0.2) is 9.84 Å². The number of carbonyl (C=O) groups excluding carboxylic acids is 1. The second kappa shape index (κ2) is 11.8. The molecule has 0 saturated heterocycles. The Morgan fingerprint density at radius 1 is 1.18 bits per heavy atom. The van der Waals surface area contributed by atoms with Crippen molar-refractivity contribution in [3.8, 4) is 0 Å². The molecule has 33 heavy (non-hydrogen) atoms. The van der Waals surface area contributed by atoms with Crippen molar-refractivity contribution in [2.75, 3.05) is 39.1 Å². The van der Waals surface area contributed by atoms with Gasteiger partial charge in [0.05, 0.1) is 16.5 Å². The molecule has 0 radical (unpaired) electrons. The van der Waals surface area contributed by atoms with Crippen molar-refractivity contribution in [2.24, 2.45) is 4.99 Å². The standard InChI is InChI=1S/C23H28Cl2N4O3S/c1-29(14-10-17-4-6-18(7-5-17)23-27-12-13-28-23)22(30)3-2-11-26-16-33(31,32)21-9-8-19(24)15-20(21)25/h4-9,15,26H,2-3,10-14,16H2,1H3,(H,27,28). The van der Waals surface area contributed by atoms with Gasteiger partial charge in [-0.3, -0.25) is 9.79 Å². The van der Waals surface area contributed by atoms with Crippen LogP contribution in [0.4, 0.5) is 0 Å². The Balaban J connectivity index is 1.35. The summed E-state index contributed by atoms with van der Waals surface area (Å²) in [5.74, 6) is 0.712. The number of halogens is 2. The lowest BCUT2D eigenvalue weighted by molar-refractivity contribution is -0.129. The van der Waals surface area contributed by atoms with Crippen molar-refractivity contribution >= 4 is 44.8 Å². The van der Waals surface area contributed by atoms with E-state index in [0.29, 0.717) is 31.0 Å². The van der Waals surface area contributed by atoms with Crippen LogP contribution >= 0.6 is 23.2 Å².